The first-order valence-electron chi connectivity index (χ1n) is 6.60. The van der Waals surface area contributed by atoms with Gasteiger partial charge in [0, 0.05) is 7.05 Å². The van der Waals surface area contributed by atoms with E-state index in [1.807, 2.05) is 13.0 Å². The number of hydrogen-bond donors (Lipinski definition) is 0. The largest absolute Gasteiger partial charge is 0.433 e. The van der Waals surface area contributed by atoms with Crippen LogP contribution in [-0.4, -0.2) is 20.8 Å². The molecule has 0 aliphatic rings. The maximum atomic E-state index is 12.8. The van der Waals surface area contributed by atoms with Crippen molar-refractivity contribution in [3.05, 3.63) is 29.6 Å². The molecule has 2 atom stereocenters. The number of rotatable bonds is 6. The maximum Gasteiger partial charge on any atom is 0.433 e. The Labute approximate surface area is 126 Å². The predicted molar refractivity (Wildman–Crippen MR) is 78.1 cm³/mol. The summed E-state index contributed by atoms with van der Waals surface area (Å²) in [7, 11) is 1.27. The van der Waals surface area contributed by atoms with Crippen molar-refractivity contribution in [3.8, 4) is 0 Å². The van der Waals surface area contributed by atoms with E-state index in [9.17, 15) is 18.0 Å². The number of alkyl halides is 3. The fourth-order valence-corrected chi connectivity index (χ4v) is 2.77. The normalized spacial score (nSPS) is 15.4. The zero-order chi connectivity index (χ0) is 16.2. The lowest BCUT2D eigenvalue weighted by atomic mass is 10.2. The number of allylic oxidation sites excluding steroid dienone is 1. The van der Waals surface area contributed by atoms with Crippen LogP contribution in [-0.2, 0) is 18.0 Å². The van der Waals surface area contributed by atoms with E-state index in [-0.39, 0.29) is 16.3 Å². The molecule has 0 saturated heterocycles. The average molecular weight is 320 g/mol. The molecule has 0 fully saturated rings. The first kappa shape index (κ1) is 17.8. The van der Waals surface area contributed by atoms with Gasteiger partial charge < -0.3 is 0 Å². The molecule has 1 aromatic rings. The topological polar surface area (TPSA) is 34.9 Å². The van der Waals surface area contributed by atoms with Crippen LogP contribution < -0.4 is 0 Å². The smallest absolute Gasteiger partial charge is 0.299 e. The van der Waals surface area contributed by atoms with Gasteiger partial charge in [-0.3, -0.25) is 9.48 Å². The third kappa shape index (κ3) is 4.91. The first-order valence-corrected chi connectivity index (χ1v) is 7.54. The Bertz CT molecular complexity index is 523. The van der Waals surface area contributed by atoms with Crippen LogP contribution in [0.5, 0.6) is 0 Å². The molecule has 0 N–H and O–H groups in total. The Morgan fingerprint density at radius 2 is 2.14 bits per heavy atom. The zero-order valence-corrected chi connectivity index (χ0v) is 13.3. The van der Waals surface area contributed by atoms with Crippen LogP contribution in [0.2, 0.25) is 0 Å². The van der Waals surface area contributed by atoms with E-state index in [1.54, 1.807) is 13.0 Å². The van der Waals surface area contributed by atoms with Gasteiger partial charge in [-0.05, 0) is 26.3 Å². The van der Waals surface area contributed by atoms with E-state index in [0.717, 1.165) is 17.2 Å². The fourth-order valence-electron chi connectivity index (χ4n) is 1.68. The molecule has 1 aromatic heterocycles. The highest BCUT2D eigenvalue weighted by molar-refractivity contribution is 8.00. The average Bonchev–Trinajstić information content (AvgIpc) is 2.75. The van der Waals surface area contributed by atoms with Gasteiger partial charge in [0.05, 0.1) is 16.2 Å². The summed E-state index contributed by atoms with van der Waals surface area (Å²) in [6.45, 7) is 5.15. The molecule has 0 amide bonds. The van der Waals surface area contributed by atoms with Crippen molar-refractivity contribution >= 4 is 17.5 Å². The van der Waals surface area contributed by atoms with E-state index in [2.05, 4.69) is 5.10 Å². The van der Waals surface area contributed by atoms with Gasteiger partial charge in [0.25, 0.3) is 0 Å². The van der Waals surface area contributed by atoms with Crippen LogP contribution in [0, 0.1) is 0 Å². The number of aryl methyl sites for hydroxylation is 1. The molecule has 21 heavy (non-hydrogen) atoms. The minimum absolute atomic E-state index is 0.0122. The Kier molecular flexibility index (Phi) is 6.07. The third-order valence-corrected chi connectivity index (χ3v) is 4.38. The lowest BCUT2D eigenvalue weighted by Crippen LogP contribution is -2.11. The number of ketones is 1. The first-order chi connectivity index (χ1) is 9.66. The Balaban J connectivity index is 3.09. The Hall–Kier alpha value is -1.24. The van der Waals surface area contributed by atoms with E-state index in [4.69, 9.17) is 0 Å². The van der Waals surface area contributed by atoms with E-state index in [0.29, 0.717) is 5.69 Å². The second kappa shape index (κ2) is 7.15. The molecule has 0 radical (unpaired) electrons. The van der Waals surface area contributed by atoms with Crippen LogP contribution >= 0.6 is 11.8 Å². The molecule has 0 spiro atoms. The predicted octanol–water partition coefficient (Wildman–Crippen LogP) is 4.16. The van der Waals surface area contributed by atoms with Gasteiger partial charge in [-0.1, -0.05) is 19.1 Å². The summed E-state index contributed by atoms with van der Waals surface area (Å²) in [5.41, 5.74) is -0.476. The second-order valence-electron chi connectivity index (χ2n) is 4.72. The zero-order valence-electron chi connectivity index (χ0n) is 12.4. The Morgan fingerprint density at radius 3 is 2.57 bits per heavy atom. The highest BCUT2D eigenvalue weighted by atomic mass is 32.2. The summed E-state index contributed by atoms with van der Waals surface area (Å²) in [6, 6.07) is 1.05. The lowest BCUT2D eigenvalue weighted by Gasteiger charge is -2.14. The van der Waals surface area contributed by atoms with Crippen molar-refractivity contribution in [1.29, 1.82) is 0 Å². The van der Waals surface area contributed by atoms with Crippen molar-refractivity contribution in [2.75, 3.05) is 0 Å². The summed E-state index contributed by atoms with van der Waals surface area (Å²) in [4.78, 5) is 11.4. The molecule has 7 heteroatoms. The molecule has 0 aliphatic carbocycles. The molecule has 3 nitrogen and oxygen atoms in total. The van der Waals surface area contributed by atoms with Gasteiger partial charge in [0.15, 0.2) is 0 Å². The van der Waals surface area contributed by atoms with Gasteiger partial charge in [-0.15, -0.1) is 11.8 Å². The number of halogens is 3. The number of thioether (sulfide) groups is 1. The van der Waals surface area contributed by atoms with Crippen molar-refractivity contribution in [1.82, 2.24) is 9.78 Å². The van der Waals surface area contributed by atoms with Crippen LogP contribution in [0.15, 0.2) is 18.2 Å². The fraction of sp³-hybridized carbons (Fsp3) is 0.571. The minimum atomic E-state index is -4.43. The number of aromatic nitrogens is 2. The summed E-state index contributed by atoms with van der Waals surface area (Å²) in [5.74, 6) is -0.0122. The second-order valence-corrected chi connectivity index (χ2v) is 6.21. The van der Waals surface area contributed by atoms with Crippen molar-refractivity contribution in [3.63, 3.8) is 0 Å². The summed E-state index contributed by atoms with van der Waals surface area (Å²) in [5, 5.41) is 3.29. The highest BCUT2D eigenvalue weighted by Crippen LogP contribution is 2.36. The number of carbonyl (C=O) groups is 1. The molecule has 0 aromatic carbocycles. The van der Waals surface area contributed by atoms with E-state index < -0.39 is 11.9 Å². The summed E-state index contributed by atoms with van der Waals surface area (Å²) in [6.07, 6.45) is -0.000583. The van der Waals surface area contributed by atoms with Crippen LogP contribution in [0.25, 0.3) is 0 Å². The molecule has 0 aliphatic heterocycles. The number of Topliss-reactive ketones (excluding diaryl/α,β-unsaturated/α-hetero) is 1. The number of nitrogens with zero attached hydrogens (tertiary/aromatic N) is 2. The molecular weight excluding hydrogens is 301 g/mol. The van der Waals surface area contributed by atoms with Gasteiger partial charge in [0.2, 0.25) is 0 Å². The van der Waals surface area contributed by atoms with Crippen molar-refractivity contribution in [2.45, 2.75) is 43.9 Å². The highest BCUT2D eigenvalue weighted by Gasteiger charge is 2.35. The van der Waals surface area contributed by atoms with Crippen molar-refractivity contribution in [2.24, 2.45) is 7.05 Å². The van der Waals surface area contributed by atoms with Crippen molar-refractivity contribution < 1.29 is 18.0 Å². The monoisotopic (exact) mass is 320 g/mol. The van der Waals surface area contributed by atoms with Gasteiger partial charge in [-0.25, -0.2) is 0 Å². The number of hydrogen-bond acceptors (Lipinski definition) is 3. The third-order valence-electron chi connectivity index (χ3n) is 2.95. The van der Waals surface area contributed by atoms with Crippen LogP contribution in [0.3, 0.4) is 0 Å². The molecular formula is C14H19F3N2OS. The van der Waals surface area contributed by atoms with Crippen LogP contribution in [0.4, 0.5) is 13.2 Å². The standard InChI is InChI=1S/C14H19F3N2OS/c1-5-6-7-12(21-10(3)9(2)20)11-8-13(14(15,16)17)19(4)18-11/h6-8,10,12H,5H2,1-4H3. The van der Waals surface area contributed by atoms with E-state index >= 15 is 0 Å². The summed E-state index contributed by atoms with van der Waals surface area (Å²) >= 11 is 1.30. The van der Waals surface area contributed by atoms with E-state index in [1.165, 1.54) is 25.7 Å². The molecule has 0 saturated carbocycles. The minimum Gasteiger partial charge on any atom is -0.299 e. The lowest BCUT2D eigenvalue weighted by molar-refractivity contribution is -0.143. The quantitative estimate of drug-likeness (QED) is 0.738. The molecule has 1 rings (SSSR count). The number of carbonyl (C=O) groups excluding carboxylic acids is 1. The van der Waals surface area contributed by atoms with Gasteiger partial charge in [0.1, 0.15) is 11.5 Å². The molecule has 118 valence electrons. The molecule has 0 bridgehead atoms. The molecule has 1 heterocycles. The van der Waals surface area contributed by atoms with Crippen LogP contribution in [0.1, 0.15) is 43.8 Å². The molecule has 2 unspecified atom stereocenters. The Morgan fingerprint density at radius 1 is 1.52 bits per heavy atom. The summed E-state index contributed by atoms with van der Waals surface area (Å²) < 4.78 is 39.3. The SMILES string of the molecule is CCC=CC(SC(C)C(C)=O)c1cc(C(F)(F)F)n(C)n1. The van der Waals surface area contributed by atoms with Gasteiger partial charge >= 0.3 is 6.18 Å². The van der Waals surface area contributed by atoms with Gasteiger partial charge in [-0.2, -0.15) is 18.3 Å². The maximum absolute atomic E-state index is 12.8.